The largest absolute Gasteiger partial charge is 0.416 e. The maximum Gasteiger partial charge on any atom is 0.416 e. The Kier molecular flexibility index (Phi) is 9.52. The van der Waals surface area contributed by atoms with E-state index < -0.39 is 11.7 Å². The van der Waals surface area contributed by atoms with Crippen LogP contribution in [0.3, 0.4) is 0 Å². The van der Waals surface area contributed by atoms with Gasteiger partial charge in [-0.2, -0.15) is 13.2 Å². The van der Waals surface area contributed by atoms with Crippen molar-refractivity contribution in [1.29, 1.82) is 0 Å². The van der Waals surface area contributed by atoms with Crippen LogP contribution in [-0.2, 0) is 12.6 Å². The van der Waals surface area contributed by atoms with Crippen molar-refractivity contribution in [1.82, 2.24) is 19.8 Å². The van der Waals surface area contributed by atoms with Gasteiger partial charge in [-0.1, -0.05) is 32.0 Å². The SMILES string of the molecule is CCCN(CC)C1CCN(CCc2ccc(Nc3nccc4c(-c5ccc(C(F)(F)F)cc5C)c[nH]c(=O)c34)cc2)CC1. The normalized spacial score (nSPS) is 15.0. The number of rotatable bonds is 10. The summed E-state index contributed by atoms with van der Waals surface area (Å²) >= 11 is 0. The Labute approximate surface area is 250 Å². The third kappa shape index (κ3) is 7.11. The lowest BCUT2D eigenvalue weighted by Crippen LogP contribution is -2.45. The molecule has 2 aromatic heterocycles. The summed E-state index contributed by atoms with van der Waals surface area (Å²) in [6, 6.07) is 14.2. The summed E-state index contributed by atoms with van der Waals surface area (Å²) in [6.07, 6.45) is 3.37. The number of halogens is 3. The quantitative estimate of drug-likeness (QED) is 0.201. The molecule has 1 saturated heterocycles. The Hall–Kier alpha value is -3.69. The third-order valence-corrected chi connectivity index (χ3v) is 8.58. The van der Waals surface area contributed by atoms with Crippen LogP contribution in [0.5, 0.6) is 0 Å². The summed E-state index contributed by atoms with van der Waals surface area (Å²) in [7, 11) is 0. The second-order valence-electron chi connectivity index (χ2n) is 11.4. The number of aromatic nitrogens is 2. The lowest BCUT2D eigenvalue weighted by molar-refractivity contribution is -0.137. The van der Waals surface area contributed by atoms with Gasteiger partial charge in [0, 0.05) is 41.6 Å². The minimum atomic E-state index is -4.42. The molecule has 0 unspecified atom stereocenters. The number of anilines is 2. The fraction of sp³-hybridized carbons (Fsp3) is 0.412. The van der Waals surface area contributed by atoms with Crippen molar-refractivity contribution in [3.05, 3.63) is 88.0 Å². The summed E-state index contributed by atoms with van der Waals surface area (Å²) in [6.45, 7) is 11.8. The maximum atomic E-state index is 13.2. The summed E-state index contributed by atoms with van der Waals surface area (Å²) in [4.78, 5) is 25.3. The summed E-state index contributed by atoms with van der Waals surface area (Å²) < 4.78 is 39.7. The average Bonchev–Trinajstić information content (AvgIpc) is 3.00. The van der Waals surface area contributed by atoms with Crippen LogP contribution in [0.15, 0.2) is 65.7 Å². The van der Waals surface area contributed by atoms with Crippen molar-refractivity contribution in [2.24, 2.45) is 0 Å². The lowest BCUT2D eigenvalue weighted by Gasteiger charge is -2.38. The molecule has 0 bridgehead atoms. The van der Waals surface area contributed by atoms with Gasteiger partial charge in [0.2, 0.25) is 0 Å². The number of alkyl halides is 3. The van der Waals surface area contributed by atoms with Crippen LogP contribution in [0.4, 0.5) is 24.7 Å². The maximum absolute atomic E-state index is 13.2. The van der Waals surface area contributed by atoms with Gasteiger partial charge in [-0.05, 0) is 106 Å². The van der Waals surface area contributed by atoms with E-state index in [1.54, 1.807) is 25.4 Å². The van der Waals surface area contributed by atoms with E-state index >= 15 is 0 Å². The Balaban J connectivity index is 1.27. The first-order valence-corrected chi connectivity index (χ1v) is 15.2. The molecule has 0 atom stereocenters. The molecule has 0 spiro atoms. The highest BCUT2D eigenvalue weighted by Gasteiger charge is 2.31. The molecule has 1 aliphatic rings. The monoisotopic (exact) mass is 591 g/mol. The minimum Gasteiger partial charge on any atom is -0.340 e. The number of hydrogen-bond acceptors (Lipinski definition) is 5. The fourth-order valence-electron chi connectivity index (χ4n) is 6.24. The number of pyridine rings is 2. The zero-order chi connectivity index (χ0) is 30.6. The van der Waals surface area contributed by atoms with E-state index in [-0.39, 0.29) is 5.56 Å². The van der Waals surface area contributed by atoms with Crippen LogP contribution in [-0.4, -0.2) is 58.5 Å². The number of hydrogen-bond donors (Lipinski definition) is 2. The van der Waals surface area contributed by atoms with Crippen LogP contribution in [0, 0.1) is 6.92 Å². The van der Waals surface area contributed by atoms with Crippen LogP contribution in [0.25, 0.3) is 21.9 Å². The molecule has 2 N–H and O–H groups in total. The molecule has 6 nitrogen and oxygen atoms in total. The average molecular weight is 592 g/mol. The first kappa shape index (κ1) is 30.8. The van der Waals surface area contributed by atoms with Crippen molar-refractivity contribution < 1.29 is 13.2 Å². The molecule has 4 aromatic rings. The van der Waals surface area contributed by atoms with Gasteiger partial charge in [0.1, 0.15) is 5.82 Å². The van der Waals surface area contributed by atoms with Crippen molar-refractivity contribution in [3.63, 3.8) is 0 Å². The Morgan fingerprint density at radius 3 is 2.44 bits per heavy atom. The number of piperidine rings is 1. The molecule has 3 heterocycles. The first-order chi connectivity index (χ1) is 20.7. The van der Waals surface area contributed by atoms with Crippen molar-refractivity contribution in [2.45, 2.75) is 58.7 Å². The van der Waals surface area contributed by atoms with Gasteiger partial charge in [-0.25, -0.2) is 4.98 Å². The van der Waals surface area contributed by atoms with E-state index in [4.69, 9.17) is 0 Å². The van der Waals surface area contributed by atoms with Gasteiger partial charge >= 0.3 is 6.18 Å². The molecular weight excluding hydrogens is 551 g/mol. The molecule has 5 rings (SSSR count). The van der Waals surface area contributed by atoms with Crippen LogP contribution < -0.4 is 10.9 Å². The zero-order valence-corrected chi connectivity index (χ0v) is 25.1. The Morgan fingerprint density at radius 1 is 1.05 bits per heavy atom. The number of benzene rings is 2. The van der Waals surface area contributed by atoms with E-state index in [1.807, 2.05) is 12.1 Å². The van der Waals surface area contributed by atoms with E-state index in [0.717, 1.165) is 50.4 Å². The molecule has 9 heteroatoms. The van der Waals surface area contributed by atoms with E-state index in [1.165, 1.54) is 37.4 Å². The number of H-pyrrole nitrogens is 1. The van der Waals surface area contributed by atoms with Gasteiger partial charge in [0.15, 0.2) is 0 Å². The second-order valence-corrected chi connectivity index (χ2v) is 11.4. The Bertz CT molecular complexity index is 1590. The van der Waals surface area contributed by atoms with E-state index in [2.05, 4.69) is 51.1 Å². The smallest absolute Gasteiger partial charge is 0.340 e. The number of nitrogens with one attached hydrogen (secondary N) is 2. The molecule has 43 heavy (non-hydrogen) atoms. The number of fused-ring (bicyclic) bond motifs is 1. The van der Waals surface area contributed by atoms with Crippen molar-refractivity contribution in [3.8, 4) is 11.1 Å². The molecule has 0 amide bonds. The Morgan fingerprint density at radius 2 is 1.79 bits per heavy atom. The summed E-state index contributed by atoms with van der Waals surface area (Å²) in [5.74, 6) is 0.394. The molecule has 1 aliphatic heterocycles. The summed E-state index contributed by atoms with van der Waals surface area (Å²) in [5.41, 5.74) is 2.74. The van der Waals surface area contributed by atoms with Gasteiger partial charge in [-0.15, -0.1) is 0 Å². The third-order valence-electron chi connectivity index (χ3n) is 8.58. The highest BCUT2D eigenvalue weighted by atomic mass is 19.4. The number of aryl methyl sites for hydroxylation is 1. The van der Waals surface area contributed by atoms with Crippen molar-refractivity contribution >= 4 is 22.3 Å². The second kappa shape index (κ2) is 13.3. The van der Waals surface area contributed by atoms with E-state index in [0.29, 0.717) is 39.3 Å². The van der Waals surface area contributed by atoms with Gasteiger partial charge in [0.25, 0.3) is 5.56 Å². The molecule has 0 saturated carbocycles. The molecule has 0 aliphatic carbocycles. The predicted octanol–water partition coefficient (Wildman–Crippen LogP) is 7.40. The number of nitrogens with zero attached hydrogens (tertiary/aromatic N) is 3. The standard InChI is InChI=1S/C34H40F3N5O/c1-4-17-42(5-2)27-14-19-41(20-15-27)18-13-24-6-9-26(10-7-24)40-32-31-29(12-16-38-32)30(22-39-33(31)43)28-11-8-25(21-23(28)3)34(35,36)37/h6-12,16,21-22,27H,4-5,13-15,17-20H2,1-3H3,(H,38,40)(H,39,43). The number of likely N-dealkylation sites (tertiary alicyclic amines) is 1. The lowest BCUT2D eigenvalue weighted by atomic mass is 9.96. The van der Waals surface area contributed by atoms with Crippen LogP contribution in [0.2, 0.25) is 0 Å². The highest BCUT2D eigenvalue weighted by molar-refractivity contribution is 6.02. The van der Waals surface area contributed by atoms with Crippen molar-refractivity contribution in [2.75, 3.05) is 38.0 Å². The molecule has 0 radical (unpaired) electrons. The molecule has 2 aromatic carbocycles. The fourth-order valence-corrected chi connectivity index (χ4v) is 6.24. The minimum absolute atomic E-state index is 0.323. The van der Waals surface area contributed by atoms with Crippen LogP contribution in [0.1, 0.15) is 49.8 Å². The summed E-state index contributed by atoms with van der Waals surface area (Å²) in [5, 5.41) is 4.25. The molecule has 1 fully saturated rings. The predicted molar refractivity (Wildman–Crippen MR) is 168 cm³/mol. The first-order valence-electron chi connectivity index (χ1n) is 15.2. The van der Waals surface area contributed by atoms with Crippen LogP contribution >= 0.6 is 0 Å². The highest BCUT2D eigenvalue weighted by Crippen LogP contribution is 2.36. The van der Waals surface area contributed by atoms with Gasteiger partial charge in [-0.3, -0.25) is 4.79 Å². The number of aromatic amines is 1. The van der Waals surface area contributed by atoms with Gasteiger partial charge < -0.3 is 20.1 Å². The van der Waals surface area contributed by atoms with E-state index in [9.17, 15) is 18.0 Å². The molecular formula is C34H40F3N5O. The zero-order valence-electron chi connectivity index (χ0n) is 25.1. The molecule has 228 valence electrons. The topological polar surface area (TPSA) is 64.3 Å². The van der Waals surface area contributed by atoms with Gasteiger partial charge in [0.05, 0.1) is 10.9 Å².